The van der Waals surface area contributed by atoms with Crippen molar-refractivity contribution in [3.05, 3.63) is 11.1 Å². The molecule has 1 N–H and O–H groups in total. The van der Waals surface area contributed by atoms with E-state index >= 15 is 0 Å². The van der Waals surface area contributed by atoms with Crippen LogP contribution in [0.2, 0.25) is 0 Å². The maximum absolute atomic E-state index is 11.5. The molecule has 0 aromatic heterocycles. The first-order chi connectivity index (χ1) is 9.50. The molecule has 112 valence electrons. The third-order valence-corrected chi connectivity index (χ3v) is 4.60. The van der Waals surface area contributed by atoms with Gasteiger partial charge in [-0.2, -0.15) is 0 Å². The van der Waals surface area contributed by atoms with E-state index in [1.54, 1.807) is 0 Å². The first kappa shape index (κ1) is 22.6. The zero-order valence-electron chi connectivity index (χ0n) is 13.5. The Hall–Kier alpha value is 0.640. The minimum absolute atomic E-state index is 0. The SMILES string of the molecule is O=C([O-])C(=C(C(=O)[O-])[C@H]1CC[C@@H](O)CC1)C1CCCC1.[Na+].[Na+]. The summed E-state index contributed by atoms with van der Waals surface area (Å²) in [4.78, 5) is 22.9. The molecular weight excluding hydrogens is 306 g/mol. The number of hydrogen-bond acceptors (Lipinski definition) is 5. The van der Waals surface area contributed by atoms with Crippen LogP contribution >= 0.6 is 0 Å². The Morgan fingerprint density at radius 3 is 1.45 bits per heavy atom. The molecule has 0 atom stereocenters. The number of carboxylic acids is 2. The Balaban J connectivity index is 0.00000220. The quantitative estimate of drug-likeness (QED) is 0.409. The summed E-state index contributed by atoms with van der Waals surface area (Å²) in [5, 5.41) is 32.4. The minimum Gasteiger partial charge on any atom is -0.545 e. The molecule has 0 unspecified atom stereocenters. The van der Waals surface area contributed by atoms with Crippen molar-refractivity contribution < 1.29 is 84.0 Å². The Labute approximate surface area is 175 Å². The normalized spacial score (nSPS) is 26.4. The summed E-state index contributed by atoms with van der Waals surface area (Å²) < 4.78 is 0. The second-order valence-electron chi connectivity index (χ2n) is 5.89. The molecule has 0 aromatic carbocycles. The van der Waals surface area contributed by atoms with Gasteiger partial charge in [0, 0.05) is 0 Å². The van der Waals surface area contributed by atoms with Crippen LogP contribution < -0.4 is 69.3 Å². The Bertz CT molecular complexity index is 422. The van der Waals surface area contributed by atoms with Gasteiger partial charge in [-0.25, -0.2) is 0 Å². The van der Waals surface area contributed by atoms with Gasteiger partial charge >= 0.3 is 59.1 Å². The van der Waals surface area contributed by atoms with E-state index in [4.69, 9.17) is 0 Å². The van der Waals surface area contributed by atoms with E-state index in [2.05, 4.69) is 0 Å². The van der Waals surface area contributed by atoms with Crippen LogP contribution in [0.3, 0.4) is 0 Å². The molecule has 2 aliphatic rings. The molecule has 2 saturated carbocycles. The second kappa shape index (κ2) is 10.5. The molecule has 0 saturated heterocycles. The molecule has 22 heavy (non-hydrogen) atoms. The van der Waals surface area contributed by atoms with Gasteiger partial charge in [-0.3, -0.25) is 0 Å². The van der Waals surface area contributed by atoms with Gasteiger partial charge in [-0.1, -0.05) is 12.8 Å². The van der Waals surface area contributed by atoms with Gasteiger partial charge in [0.05, 0.1) is 18.0 Å². The zero-order valence-corrected chi connectivity index (χ0v) is 17.5. The fraction of sp³-hybridized carbons (Fsp3) is 0.733. The van der Waals surface area contributed by atoms with Crippen molar-refractivity contribution in [2.45, 2.75) is 57.5 Å². The predicted molar refractivity (Wildman–Crippen MR) is 67.0 cm³/mol. The van der Waals surface area contributed by atoms with Crippen molar-refractivity contribution in [3.8, 4) is 0 Å². The van der Waals surface area contributed by atoms with E-state index in [-0.39, 0.29) is 82.1 Å². The van der Waals surface area contributed by atoms with Crippen LogP contribution in [0.15, 0.2) is 11.1 Å². The summed E-state index contributed by atoms with van der Waals surface area (Å²) in [5.74, 6) is -3.32. The predicted octanol–water partition coefficient (Wildman–Crippen LogP) is -6.47. The maximum Gasteiger partial charge on any atom is 1.00 e. The van der Waals surface area contributed by atoms with Crippen molar-refractivity contribution in [2.24, 2.45) is 11.8 Å². The summed E-state index contributed by atoms with van der Waals surface area (Å²) in [5.41, 5.74) is -0.132. The third kappa shape index (κ3) is 5.62. The van der Waals surface area contributed by atoms with Crippen LogP contribution in [-0.4, -0.2) is 23.1 Å². The van der Waals surface area contributed by atoms with E-state index in [1.807, 2.05) is 0 Å². The van der Waals surface area contributed by atoms with Gasteiger partial charge in [0.2, 0.25) is 0 Å². The fourth-order valence-corrected chi connectivity index (χ4v) is 3.57. The summed E-state index contributed by atoms with van der Waals surface area (Å²) in [6.07, 6.45) is 4.84. The fourth-order valence-electron chi connectivity index (χ4n) is 3.57. The zero-order chi connectivity index (χ0) is 14.7. The largest absolute Gasteiger partial charge is 1.00 e. The number of carbonyl (C=O) groups excluding carboxylic acids is 2. The van der Waals surface area contributed by atoms with Gasteiger partial charge in [-0.15, -0.1) is 0 Å². The number of aliphatic carboxylic acids is 2. The van der Waals surface area contributed by atoms with Gasteiger partial charge in [0.15, 0.2) is 0 Å². The van der Waals surface area contributed by atoms with Crippen LogP contribution in [0.25, 0.3) is 0 Å². The molecular formula is C15H20Na2O5. The number of hydrogen-bond donors (Lipinski definition) is 1. The van der Waals surface area contributed by atoms with E-state index < -0.39 is 18.0 Å². The van der Waals surface area contributed by atoms with Crippen molar-refractivity contribution in [2.75, 3.05) is 0 Å². The number of aliphatic hydroxyl groups excluding tert-OH is 1. The second-order valence-corrected chi connectivity index (χ2v) is 5.89. The summed E-state index contributed by atoms with van der Waals surface area (Å²) in [7, 11) is 0. The van der Waals surface area contributed by atoms with E-state index in [0.29, 0.717) is 38.5 Å². The van der Waals surface area contributed by atoms with Crippen LogP contribution in [0.4, 0.5) is 0 Å². The topological polar surface area (TPSA) is 100 Å². The van der Waals surface area contributed by atoms with E-state index in [1.165, 1.54) is 0 Å². The number of rotatable bonds is 4. The molecule has 7 heteroatoms. The molecule has 0 heterocycles. The average molecular weight is 326 g/mol. The smallest absolute Gasteiger partial charge is 0.545 e. The molecule has 2 aliphatic carbocycles. The first-order valence-electron chi connectivity index (χ1n) is 7.35. The monoisotopic (exact) mass is 326 g/mol. The van der Waals surface area contributed by atoms with Gasteiger partial charge < -0.3 is 24.9 Å². The number of aliphatic hydroxyl groups is 1. The Morgan fingerprint density at radius 2 is 1.09 bits per heavy atom. The van der Waals surface area contributed by atoms with Crippen LogP contribution in [0, 0.1) is 11.8 Å². The van der Waals surface area contributed by atoms with Crippen molar-refractivity contribution in [1.29, 1.82) is 0 Å². The molecule has 0 amide bonds. The molecule has 0 bridgehead atoms. The molecule has 2 fully saturated rings. The van der Waals surface area contributed by atoms with E-state index in [0.717, 1.165) is 12.8 Å². The summed E-state index contributed by atoms with van der Waals surface area (Å²) in [6.45, 7) is 0. The van der Waals surface area contributed by atoms with Gasteiger partial charge in [0.25, 0.3) is 0 Å². The van der Waals surface area contributed by atoms with Crippen molar-refractivity contribution in [3.63, 3.8) is 0 Å². The van der Waals surface area contributed by atoms with E-state index in [9.17, 15) is 24.9 Å². The third-order valence-electron chi connectivity index (χ3n) is 4.60. The summed E-state index contributed by atoms with van der Waals surface area (Å²) in [6, 6.07) is 0. The van der Waals surface area contributed by atoms with Crippen LogP contribution in [0.5, 0.6) is 0 Å². The number of carbonyl (C=O) groups is 2. The van der Waals surface area contributed by atoms with Crippen LogP contribution in [0.1, 0.15) is 51.4 Å². The molecule has 0 radical (unpaired) electrons. The van der Waals surface area contributed by atoms with Gasteiger partial charge in [0.1, 0.15) is 0 Å². The summed E-state index contributed by atoms with van der Waals surface area (Å²) >= 11 is 0. The average Bonchev–Trinajstić information content (AvgIpc) is 2.89. The molecule has 0 aromatic rings. The first-order valence-corrected chi connectivity index (χ1v) is 7.35. The standard InChI is InChI=1S/C15H22O5.2Na/c16-11-7-5-10(6-8-11)13(15(19)20)12(14(17)18)9-3-1-2-4-9;;/h9-11,16H,1-8H2,(H,17,18)(H,19,20);;/q;2*+1/p-2/t10-,11+;;. The minimum atomic E-state index is -1.39. The Kier molecular flexibility index (Phi) is 10.8. The van der Waals surface area contributed by atoms with Gasteiger partial charge in [-0.05, 0) is 61.5 Å². The molecule has 0 aliphatic heterocycles. The molecule has 0 spiro atoms. The van der Waals surface area contributed by atoms with Crippen molar-refractivity contribution >= 4 is 11.9 Å². The van der Waals surface area contributed by atoms with Crippen LogP contribution in [-0.2, 0) is 9.59 Å². The maximum atomic E-state index is 11.5. The molecule has 5 nitrogen and oxygen atoms in total. The number of carboxylic acid groups (broad SMARTS) is 2. The Morgan fingerprint density at radius 1 is 0.727 bits per heavy atom. The van der Waals surface area contributed by atoms with Crippen molar-refractivity contribution in [1.82, 2.24) is 0 Å². The molecule has 2 rings (SSSR count).